The van der Waals surface area contributed by atoms with Gasteiger partial charge < -0.3 is 9.47 Å². The lowest BCUT2D eigenvalue weighted by Crippen LogP contribution is -2.29. The Morgan fingerprint density at radius 1 is 1.05 bits per heavy atom. The van der Waals surface area contributed by atoms with Crippen LogP contribution in [0.5, 0.6) is 0 Å². The normalized spacial score (nSPS) is 14.8. The lowest BCUT2D eigenvalue weighted by atomic mass is 10.1. The summed E-state index contributed by atoms with van der Waals surface area (Å²) in [6.07, 6.45) is 4.29. The van der Waals surface area contributed by atoms with Crippen molar-refractivity contribution in [1.29, 1.82) is 0 Å². The van der Waals surface area contributed by atoms with Gasteiger partial charge in [0.1, 0.15) is 5.69 Å². The number of carbonyl (C=O) groups is 1. The van der Waals surface area contributed by atoms with Crippen LogP contribution in [0.1, 0.15) is 28.9 Å². The molecule has 3 heteroatoms. The maximum atomic E-state index is 12.5. The van der Waals surface area contributed by atoms with Crippen LogP contribution in [-0.2, 0) is 7.05 Å². The number of carbonyl (C=O) groups excluding carboxylic acids is 1. The minimum atomic E-state index is 0.156. The molecule has 20 heavy (non-hydrogen) atoms. The van der Waals surface area contributed by atoms with Crippen molar-refractivity contribution in [3.63, 3.8) is 0 Å². The molecule has 1 amide bonds. The van der Waals surface area contributed by atoms with Crippen LogP contribution in [0.3, 0.4) is 0 Å². The van der Waals surface area contributed by atoms with Gasteiger partial charge in [0, 0.05) is 31.9 Å². The molecular formula is C17H20N2O. The van der Waals surface area contributed by atoms with Crippen LogP contribution in [0, 0.1) is 6.92 Å². The van der Waals surface area contributed by atoms with Crippen molar-refractivity contribution in [2.24, 2.45) is 7.05 Å². The van der Waals surface area contributed by atoms with Gasteiger partial charge in [-0.2, -0.15) is 0 Å². The highest BCUT2D eigenvalue weighted by atomic mass is 16.2. The third-order valence-electron chi connectivity index (χ3n) is 4.00. The minimum absolute atomic E-state index is 0.156. The average Bonchev–Trinajstić information content (AvgIpc) is 3.08. The number of aryl methyl sites for hydroxylation is 2. The van der Waals surface area contributed by atoms with Crippen molar-refractivity contribution in [3.05, 3.63) is 47.8 Å². The van der Waals surface area contributed by atoms with Crippen molar-refractivity contribution < 1.29 is 4.79 Å². The Labute approximate surface area is 119 Å². The summed E-state index contributed by atoms with van der Waals surface area (Å²) in [6.45, 7) is 3.87. The van der Waals surface area contributed by atoms with Gasteiger partial charge in [0.15, 0.2) is 0 Å². The number of benzene rings is 1. The quantitative estimate of drug-likeness (QED) is 0.821. The summed E-state index contributed by atoms with van der Waals surface area (Å²) in [7, 11) is 1.95. The molecule has 1 saturated heterocycles. The first kappa shape index (κ1) is 13.0. The molecule has 104 valence electrons. The van der Waals surface area contributed by atoms with Gasteiger partial charge in [-0.05, 0) is 31.4 Å². The molecule has 3 nitrogen and oxygen atoms in total. The number of rotatable bonds is 2. The molecule has 2 aromatic rings. The molecular weight excluding hydrogens is 248 g/mol. The number of amides is 1. The smallest absolute Gasteiger partial charge is 0.270 e. The van der Waals surface area contributed by atoms with E-state index in [4.69, 9.17) is 0 Å². The molecule has 1 fully saturated rings. The maximum absolute atomic E-state index is 12.5. The summed E-state index contributed by atoms with van der Waals surface area (Å²) < 4.78 is 1.94. The average molecular weight is 268 g/mol. The molecule has 1 aromatic carbocycles. The second kappa shape index (κ2) is 5.16. The first-order chi connectivity index (χ1) is 9.65. The van der Waals surface area contributed by atoms with Gasteiger partial charge >= 0.3 is 0 Å². The van der Waals surface area contributed by atoms with E-state index in [0.717, 1.165) is 42.8 Å². The molecule has 0 aliphatic carbocycles. The summed E-state index contributed by atoms with van der Waals surface area (Å²) in [4.78, 5) is 14.4. The van der Waals surface area contributed by atoms with Crippen molar-refractivity contribution in [2.75, 3.05) is 13.1 Å². The van der Waals surface area contributed by atoms with Crippen LogP contribution in [0.4, 0.5) is 0 Å². The largest absolute Gasteiger partial charge is 0.346 e. The highest BCUT2D eigenvalue weighted by Crippen LogP contribution is 2.23. The van der Waals surface area contributed by atoms with Gasteiger partial charge in [-0.25, -0.2) is 0 Å². The van der Waals surface area contributed by atoms with Crippen LogP contribution < -0.4 is 0 Å². The topological polar surface area (TPSA) is 25.2 Å². The van der Waals surface area contributed by atoms with E-state index < -0.39 is 0 Å². The van der Waals surface area contributed by atoms with E-state index in [1.54, 1.807) is 0 Å². The molecule has 0 N–H and O–H groups in total. The highest BCUT2D eigenvalue weighted by Gasteiger charge is 2.22. The van der Waals surface area contributed by atoms with Crippen LogP contribution in [0.2, 0.25) is 0 Å². The Balaban J connectivity index is 1.90. The van der Waals surface area contributed by atoms with E-state index >= 15 is 0 Å². The third-order valence-corrected chi connectivity index (χ3v) is 4.00. The molecule has 0 unspecified atom stereocenters. The fourth-order valence-corrected chi connectivity index (χ4v) is 2.76. The predicted molar refractivity (Wildman–Crippen MR) is 80.7 cm³/mol. The van der Waals surface area contributed by atoms with E-state index in [9.17, 15) is 4.79 Å². The highest BCUT2D eigenvalue weighted by molar-refractivity contribution is 5.94. The third kappa shape index (κ3) is 2.36. The van der Waals surface area contributed by atoms with E-state index in [-0.39, 0.29) is 5.91 Å². The Morgan fingerprint density at radius 2 is 1.70 bits per heavy atom. The first-order valence-electron chi connectivity index (χ1n) is 7.18. The molecule has 0 saturated carbocycles. The zero-order chi connectivity index (χ0) is 14.1. The van der Waals surface area contributed by atoms with Crippen LogP contribution in [0.25, 0.3) is 11.1 Å². The number of aromatic nitrogens is 1. The second-order valence-corrected chi connectivity index (χ2v) is 5.59. The van der Waals surface area contributed by atoms with E-state index in [1.807, 2.05) is 28.8 Å². The number of likely N-dealkylation sites (tertiary alicyclic amines) is 1. The number of hydrogen-bond acceptors (Lipinski definition) is 1. The molecule has 0 spiro atoms. The van der Waals surface area contributed by atoms with Crippen LogP contribution >= 0.6 is 0 Å². The molecule has 1 aliphatic rings. The van der Waals surface area contributed by atoms with Crippen LogP contribution in [0.15, 0.2) is 36.5 Å². The molecule has 0 bridgehead atoms. The SMILES string of the molecule is Cc1ccc(-c2cc(C(=O)N3CCCC3)n(C)c2)cc1. The van der Waals surface area contributed by atoms with E-state index in [2.05, 4.69) is 31.2 Å². The molecule has 1 aromatic heterocycles. The maximum Gasteiger partial charge on any atom is 0.270 e. The standard InChI is InChI=1S/C17H20N2O/c1-13-5-7-14(8-6-13)15-11-16(18(2)12-15)17(20)19-9-3-4-10-19/h5-8,11-12H,3-4,9-10H2,1-2H3. The predicted octanol–water partition coefficient (Wildman–Crippen LogP) is 3.24. The Hall–Kier alpha value is -2.03. The lowest BCUT2D eigenvalue weighted by Gasteiger charge is -2.15. The molecule has 0 atom stereocenters. The Morgan fingerprint density at radius 3 is 2.35 bits per heavy atom. The monoisotopic (exact) mass is 268 g/mol. The lowest BCUT2D eigenvalue weighted by molar-refractivity contribution is 0.0783. The van der Waals surface area contributed by atoms with Crippen LogP contribution in [-0.4, -0.2) is 28.5 Å². The summed E-state index contributed by atoms with van der Waals surface area (Å²) in [6, 6.07) is 10.4. The molecule has 2 heterocycles. The van der Waals surface area contributed by atoms with Crippen molar-refractivity contribution in [2.45, 2.75) is 19.8 Å². The number of nitrogens with zero attached hydrogens (tertiary/aromatic N) is 2. The van der Waals surface area contributed by atoms with Gasteiger partial charge in [0.25, 0.3) is 5.91 Å². The van der Waals surface area contributed by atoms with Crippen molar-refractivity contribution >= 4 is 5.91 Å². The van der Waals surface area contributed by atoms with Crippen molar-refractivity contribution in [3.8, 4) is 11.1 Å². The van der Waals surface area contributed by atoms with E-state index in [0.29, 0.717) is 0 Å². The molecule has 0 radical (unpaired) electrons. The fourth-order valence-electron chi connectivity index (χ4n) is 2.76. The first-order valence-corrected chi connectivity index (χ1v) is 7.18. The second-order valence-electron chi connectivity index (χ2n) is 5.59. The zero-order valence-electron chi connectivity index (χ0n) is 12.1. The summed E-state index contributed by atoms with van der Waals surface area (Å²) in [5, 5.41) is 0. The van der Waals surface area contributed by atoms with Gasteiger partial charge in [0.2, 0.25) is 0 Å². The molecule has 3 rings (SSSR count). The summed E-state index contributed by atoms with van der Waals surface area (Å²) >= 11 is 0. The molecule has 1 aliphatic heterocycles. The van der Waals surface area contributed by atoms with Gasteiger partial charge in [0.05, 0.1) is 0 Å². The van der Waals surface area contributed by atoms with E-state index in [1.165, 1.54) is 5.56 Å². The zero-order valence-corrected chi connectivity index (χ0v) is 12.1. The van der Waals surface area contributed by atoms with Gasteiger partial charge in [-0.15, -0.1) is 0 Å². The van der Waals surface area contributed by atoms with Crippen molar-refractivity contribution in [1.82, 2.24) is 9.47 Å². The fraction of sp³-hybridized carbons (Fsp3) is 0.353. The van der Waals surface area contributed by atoms with Gasteiger partial charge in [-0.1, -0.05) is 29.8 Å². The summed E-state index contributed by atoms with van der Waals surface area (Å²) in [5.74, 6) is 0.156. The Kier molecular flexibility index (Phi) is 3.35. The minimum Gasteiger partial charge on any atom is -0.346 e. The van der Waals surface area contributed by atoms with Gasteiger partial charge in [-0.3, -0.25) is 4.79 Å². The summed E-state index contributed by atoms with van der Waals surface area (Å²) in [5.41, 5.74) is 4.29. The Bertz CT molecular complexity index is 619. The number of hydrogen-bond donors (Lipinski definition) is 0.